The molecule has 0 spiro atoms. The number of carbonyl (C=O) groups excluding carboxylic acids is 1. The van der Waals surface area contributed by atoms with Crippen molar-refractivity contribution in [2.24, 2.45) is 0 Å². The van der Waals surface area contributed by atoms with Crippen molar-refractivity contribution >= 4 is 18.4 Å². The van der Waals surface area contributed by atoms with Gasteiger partial charge in [-0.3, -0.25) is 0 Å². The maximum Gasteiger partial charge on any atom is 0.315 e. The molecule has 1 heterocycles. The van der Waals surface area contributed by atoms with Gasteiger partial charge in [0.2, 0.25) is 0 Å². The van der Waals surface area contributed by atoms with E-state index in [0.717, 1.165) is 25.9 Å². The molecule has 4 nitrogen and oxygen atoms in total. The number of hydrogen-bond acceptors (Lipinski definition) is 2. The van der Waals surface area contributed by atoms with E-state index in [9.17, 15) is 4.79 Å². The van der Waals surface area contributed by atoms with Crippen LogP contribution in [0.2, 0.25) is 0 Å². The lowest BCUT2D eigenvalue weighted by atomic mass is 10.2. The third-order valence-electron chi connectivity index (χ3n) is 2.03. The fourth-order valence-corrected chi connectivity index (χ4v) is 1.03. The van der Waals surface area contributed by atoms with Gasteiger partial charge in [-0.25, -0.2) is 4.79 Å². The van der Waals surface area contributed by atoms with Crippen molar-refractivity contribution in [3.8, 4) is 0 Å². The predicted octanol–water partition coefficient (Wildman–Crippen LogP) is -0.158. The molecule has 0 radical (unpaired) electrons. The van der Waals surface area contributed by atoms with Gasteiger partial charge in [-0.15, -0.1) is 12.4 Å². The third-order valence-corrected chi connectivity index (χ3v) is 2.03. The molecule has 5 heteroatoms. The SMILES string of the molecule is Cl.O=C(NC1CC1)NC1CNC1. The first-order valence-corrected chi connectivity index (χ1v) is 4.12. The van der Waals surface area contributed by atoms with Gasteiger partial charge in [-0.05, 0) is 12.8 Å². The minimum Gasteiger partial charge on any atom is -0.335 e. The molecule has 2 rings (SSSR count). The first kappa shape index (κ1) is 9.61. The van der Waals surface area contributed by atoms with Crippen LogP contribution in [0.5, 0.6) is 0 Å². The maximum absolute atomic E-state index is 11.0. The second kappa shape index (κ2) is 3.96. The number of halogens is 1. The van der Waals surface area contributed by atoms with E-state index in [1.54, 1.807) is 0 Å². The Morgan fingerprint density at radius 3 is 2.17 bits per heavy atom. The molecule has 2 amide bonds. The highest BCUT2D eigenvalue weighted by Gasteiger charge is 2.25. The summed E-state index contributed by atoms with van der Waals surface area (Å²) in [5, 5.41) is 8.84. The standard InChI is InChI=1S/C7H13N3O.ClH/c11-7(9-5-1-2-5)10-6-3-8-4-6;/h5-6,8H,1-4H2,(H2,9,10,11);1H. The van der Waals surface area contributed by atoms with Crippen LogP contribution in [0.25, 0.3) is 0 Å². The molecule has 1 aliphatic heterocycles. The molecule has 3 N–H and O–H groups in total. The van der Waals surface area contributed by atoms with Crippen molar-refractivity contribution in [2.75, 3.05) is 13.1 Å². The van der Waals surface area contributed by atoms with Crippen LogP contribution >= 0.6 is 12.4 Å². The Kier molecular flexibility index (Phi) is 3.17. The minimum atomic E-state index is -0.000926. The number of urea groups is 1. The summed E-state index contributed by atoms with van der Waals surface area (Å²) in [4.78, 5) is 11.0. The topological polar surface area (TPSA) is 53.2 Å². The Hall–Kier alpha value is -0.480. The van der Waals surface area contributed by atoms with Gasteiger partial charge in [0.05, 0.1) is 6.04 Å². The average molecular weight is 192 g/mol. The van der Waals surface area contributed by atoms with Gasteiger partial charge in [0.25, 0.3) is 0 Å². The van der Waals surface area contributed by atoms with Gasteiger partial charge in [-0.1, -0.05) is 0 Å². The number of hydrogen-bond donors (Lipinski definition) is 3. The van der Waals surface area contributed by atoms with Crippen molar-refractivity contribution in [3.63, 3.8) is 0 Å². The van der Waals surface area contributed by atoms with Gasteiger partial charge in [0.15, 0.2) is 0 Å². The molecule has 0 aromatic heterocycles. The lowest BCUT2D eigenvalue weighted by Crippen LogP contribution is -2.58. The molecule has 0 atom stereocenters. The fourth-order valence-electron chi connectivity index (χ4n) is 1.03. The molecule has 0 unspecified atom stereocenters. The van der Waals surface area contributed by atoms with E-state index in [0.29, 0.717) is 12.1 Å². The van der Waals surface area contributed by atoms with Gasteiger partial charge >= 0.3 is 6.03 Å². The second-order valence-electron chi connectivity index (χ2n) is 3.25. The van der Waals surface area contributed by atoms with Crippen LogP contribution in [0.1, 0.15) is 12.8 Å². The summed E-state index contributed by atoms with van der Waals surface area (Å²) in [6.07, 6.45) is 2.30. The second-order valence-corrected chi connectivity index (χ2v) is 3.25. The fraction of sp³-hybridized carbons (Fsp3) is 0.857. The monoisotopic (exact) mass is 191 g/mol. The quantitative estimate of drug-likeness (QED) is 0.568. The predicted molar refractivity (Wildman–Crippen MR) is 48.6 cm³/mol. The molecule has 1 saturated heterocycles. The summed E-state index contributed by atoms with van der Waals surface area (Å²) in [5.41, 5.74) is 0. The zero-order valence-corrected chi connectivity index (χ0v) is 7.62. The molecule has 0 bridgehead atoms. The summed E-state index contributed by atoms with van der Waals surface area (Å²) >= 11 is 0. The van der Waals surface area contributed by atoms with Crippen LogP contribution < -0.4 is 16.0 Å². The van der Waals surface area contributed by atoms with E-state index in [1.807, 2.05) is 0 Å². The zero-order chi connectivity index (χ0) is 7.68. The molecular weight excluding hydrogens is 178 g/mol. The van der Waals surface area contributed by atoms with Crippen molar-refractivity contribution in [2.45, 2.75) is 24.9 Å². The smallest absolute Gasteiger partial charge is 0.315 e. The number of nitrogens with one attached hydrogen (secondary N) is 3. The van der Waals surface area contributed by atoms with Gasteiger partial charge < -0.3 is 16.0 Å². The van der Waals surface area contributed by atoms with Crippen LogP contribution in [0.3, 0.4) is 0 Å². The molecule has 2 aliphatic rings. The van der Waals surface area contributed by atoms with Crippen LogP contribution in [-0.2, 0) is 0 Å². The van der Waals surface area contributed by atoms with Gasteiger partial charge in [0, 0.05) is 19.1 Å². The molecule has 0 aromatic carbocycles. The summed E-state index contributed by atoms with van der Waals surface area (Å²) in [5.74, 6) is 0. The van der Waals surface area contributed by atoms with Gasteiger partial charge in [0.1, 0.15) is 0 Å². The van der Waals surface area contributed by atoms with Crippen molar-refractivity contribution in [3.05, 3.63) is 0 Å². The first-order chi connectivity index (χ1) is 5.34. The molecule has 1 aliphatic carbocycles. The van der Waals surface area contributed by atoms with Crippen LogP contribution in [0.15, 0.2) is 0 Å². The Labute approximate surface area is 77.9 Å². The molecule has 70 valence electrons. The number of rotatable bonds is 2. The van der Waals surface area contributed by atoms with Crippen LogP contribution in [-0.4, -0.2) is 31.2 Å². The molecule has 0 aromatic rings. The van der Waals surface area contributed by atoms with Crippen molar-refractivity contribution < 1.29 is 4.79 Å². The summed E-state index contributed by atoms with van der Waals surface area (Å²) < 4.78 is 0. The van der Waals surface area contributed by atoms with E-state index < -0.39 is 0 Å². The van der Waals surface area contributed by atoms with Crippen molar-refractivity contribution in [1.29, 1.82) is 0 Å². The van der Waals surface area contributed by atoms with Crippen LogP contribution in [0.4, 0.5) is 4.79 Å². The average Bonchev–Trinajstić information content (AvgIpc) is 2.62. The van der Waals surface area contributed by atoms with E-state index >= 15 is 0 Å². The zero-order valence-electron chi connectivity index (χ0n) is 6.80. The largest absolute Gasteiger partial charge is 0.335 e. The maximum atomic E-state index is 11.0. The van der Waals surface area contributed by atoms with E-state index in [-0.39, 0.29) is 18.4 Å². The Morgan fingerprint density at radius 2 is 1.75 bits per heavy atom. The van der Waals surface area contributed by atoms with E-state index in [1.165, 1.54) is 0 Å². The highest BCUT2D eigenvalue weighted by atomic mass is 35.5. The summed E-state index contributed by atoms with van der Waals surface area (Å²) in [6, 6.07) is 0.816. The van der Waals surface area contributed by atoms with E-state index in [2.05, 4.69) is 16.0 Å². The Bertz CT molecular complexity index is 168. The Balaban J connectivity index is 0.000000720. The molecule has 1 saturated carbocycles. The summed E-state index contributed by atoms with van der Waals surface area (Å²) in [6.45, 7) is 1.83. The molecule has 2 fully saturated rings. The lowest BCUT2D eigenvalue weighted by Gasteiger charge is -2.27. The summed E-state index contributed by atoms with van der Waals surface area (Å²) in [7, 11) is 0. The molecule has 12 heavy (non-hydrogen) atoms. The van der Waals surface area contributed by atoms with E-state index in [4.69, 9.17) is 0 Å². The highest BCUT2D eigenvalue weighted by molar-refractivity contribution is 5.85. The lowest BCUT2D eigenvalue weighted by molar-refractivity contribution is 0.231. The van der Waals surface area contributed by atoms with Crippen LogP contribution in [0, 0.1) is 0 Å². The number of amides is 2. The van der Waals surface area contributed by atoms with Crippen molar-refractivity contribution in [1.82, 2.24) is 16.0 Å². The van der Waals surface area contributed by atoms with Gasteiger partial charge in [-0.2, -0.15) is 0 Å². The minimum absolute atomic E-state index is 0. The Morgan fingerprint density at radius 1 is 1.17 bits per heavy atom. The normalized spacial score (nSPS) is 22.0. The highest BCUT2D eigenvalue weighted by Crippen LogP contribution is 2.18. The first-order valence-electron chi connectivity index (χ1n) is 4.12. The molecular formula is C7H14ClN3O. The third kappa shape index (κ3) is 2.53. The number of carbonyl (C=O) groups is 1.